The van der Waals surface area contributed by atoms with Crippen molar-refractivity contribution in [1.82, 2.24) is 30.0 Å². The number of thiazole rings is 1. The van der Waals surface area contributed by atoms with E-state index in [1.165, 1.54) is 11.2 Å². The van der Waals surface area contributed by atoms with Crippen LogP contribution in [0.2, 0.25) is 0 Å². The largest absolute Gasteiger partial charge is 0.354 e. The Morgan fingerprint density at radius 3 is 3.00 bits per heavy atom. The molecule has 3 heterocycles. The number of hydrogen-bond donors (Lipinski definition) is 1. The standard InChI is InChI=1S/C17H18N6OS/c24-16(20-7-8-23-11-19-10-21-23)13-1-2-15-14(9-13)22-17(25-15)12-3-5-18-6-4-12/h3-6,10-11,13H,1-2,7-9H2,(H,20,24). The molecule has 8 heteroatoms. The molecule has 1 unspecified atom stereocenters. The van der Waals surface area contributed by atoms with Crippen LogP contribution in [0.4, 0.5) is 0 Å². The second kappa shape index (κ2) is 7.10. The highest BCUT2D eigenvalue weighted by atomic mass is 32.1. The molecular weight excluding hydrogens is 336 g/mol. The molecule has 3 aromatic rings. The van der Waals surface area contributed by atoms with E-state index in [0.717, 1.165) is 29.1 Å². The highest BCUT2D eigenvalue weighted by Crippen LogP contribution is 2.34. The normalized spacial score (nSPS) is 16.4. The van der Waals surface area contributed by atoms with Crippen LogP contribution in [0.15, 0.2) is 37.2 Å². The fourth-order valence-electron chi connectivity index (χ4n) is 3.01. The lowest BCUT2D eigenvalue weighted by molar-refractivity contribution is -0.125. The van der Waals surface area contributed by atoms with Gasteiger partial charge >= 0.3 is 0 Å². The molecule has 1 N–H and O–H groups in total. The van der Waals surface area contributed by atoms with Crippen LogP contribution in [0.5, 0.6) is 0 Å². The van der Waals surface area contributed by atoms with Crippen LogP contribution in [0, 0.1) is 5.92 Å². The van der Waals surface area contributed by atoms with Gasteiger partial charge in [0.1, 0.15) is 17.7 Å². The van der Waals surface area contributed by atoms with E-state index in [4.69, 9.17) is 4.98 Å². The lowest BCUT2D eigenvalue weighted by Crippen LogP contribution is -2.35. The number of carbonyl (C=O) groups is 1. The van der Waals surface area contributed by atoms with E-state index in [2.05, 4.69) is 20.4 Å². The lowest BCUT2D eigenvalue weighted by atomic mass is 9.90. The Bertz CT molecular complexity index is 845. The highest BCUT2D eigenvalue weighted by molar-refractivity contribution is 7.15. The summed E-state index contributed by atoms with van der Waals surface area (Å²) in [4.78, 5) is 26.4. The molecule has 1 aliphatic carbocycles. The zero-order valence-electron chi connectivity index (χ0n) is 13.6. The predicted octanol–water partition coefficient (Wildman–Crippen LogP) is 1.72. The number of pyridine rings is 1. The summed E-state index contributed by atoms with van der Waals surface area (Å²) in [6.07, 6.45) is 9.20. The van der Waals surface area contributed by atoms with E-state index >= 15 is 0 Å². The van der Waals surface area contributed by atoms with Gasteiger partial charge < -0.3 is 5.32 Å². The number of aromatic nitrogens is 5. The van der Waals surface area contributed by atoms with Crippen molar-refractivity contribution in [1.29, 1.82) is 0 Å². The molecule has 0 aliphatic heterocycles. The van der Waals surface area contributed by atoms with Gasteiger partial charge in [-0.15, -0.1) is 11.3 Å². The molecule has 128 valence electrons. The summed E-state index contributed by atoms with van der Waals surface area (Å²) in [5.74, 6) is 0.0971. The van der Waals surface area contributed by atoms with Crippen LogP contribution in [-0.4, -0.2) is 37.2 Å². The number of aryl methyl sites for hydroxylation is 1. The molecule has 0 bridgehead atoms. The van der Waals surface area contributed by atoms with E-state index in [0.29, 0.717) is 19.5 Å². The Morgan fingerprint density at radius 1 is 1.32 bits per heavy atom. The zero-order valence-corrected chi connectivity index (χ0v) is 14.4. The van der Waals surface area contributed by atoms with E-state index < -0.39 is 0 Å². The Hall–Kier alpha value is -2.61. The SMILES string of the molecule is O=C(NCCn1cncn1)C1CCc2sc(-c3ccncc3)nc2C1. The molecule has 4 rings (SSSR count). The summed E-state index contributed by atoms with van der Waals surface area (Å²) in [6, 6.07) is 3.94. The third kappa shape index (κ3) is 3.58. The Kier molecular flexibility index (Phi) is 4.51. The average Bonchev–Trinajstić information content (AvgIpc) is 3.31. The highest BCUT2D eigenvalue weighted by Gasteiger charge is 2.27. The van der Waals surface area contributed by atoms with Crippen molar-refractivity contribution >= 4 is 17.2 Å². The van der Waals surface area contributed by atoms with Crippen LogP contribution in [0.25, 0.3) is 10.6 Å². The number of rotatable bonds is 5. The molecule has 0 radical (unpaired) electrons. The number of carbonyl (C=O) groups excluding carboxylic acids is 1. The van der Waals surface area contributed by atoms with Gasteiger partial charge in [-0.1, -0.05) is 0 Å². The molecular formula is C17H18N6OS. The minimum Gasteiger partial charge on any atom is -0.354 e. The number of amides is 1. The van der Waals surface area contributed by atoms with Crippen LogP contribution in [-0.2, 0) is 24.2 Å². The van der Waals surface area contributed by atoms with Gasteiger partial charge in [0.2, 0.25) is 5.91 Å². The molecule has 1 aliphatic rings. The van der Waals surface area contributed by atoms with Crippen LogP contribution in [0.3, 0.4) is 0 Å². The molecule has 1 atom stereocenters. The molecule has 0 fully saturated rings. The number of hydrogen-bond acceptors (Lipinski definition) is 6. The topological polar surface area (TPSA) is 85.6 Å². The lowest BCUT2D eigenvalue weighted by Gasteiger charge is -2.20. The maximum atomic E-state index is 12.4. The summed E-state index contributed by atoms with van der Waals surface area (Å²) in [5.41, 5.74) is 2.16. The molecule has 7 nitrogen and oxygen atoms in total. The van der Waals surface area contributed by atoms with Gasteiger partial charge in [0.15, 0.2) is 0 Å². The van der Waals surface area contributed by atoms with Gasteiger partial charge in [-0.05, 0) is 25.0 Å². The minimum absolute atomic E-state index is 0.00404. The van der Waals surface area contributed by atoms with Gasteiger partial charge in [0, 0.05) is 41.7 Å². The van der Waals surface area contributed by atoms with Crippen molar-refractivity contribution in [2.24, 2.45) is 5.92 Å². The van der Waals surface area contributed by atoms with Crippen molar-refractivity contribution in [2.45, 2.75) is 25.8 Å². The van der Waals surface area contributed by atoms with E-state index in [1.54, 1.807) is 34.7 Å². The Balaban J connectivity index is 1.37. The summed E-state index contributed by atoms with van der Waals surface area (Å²) in [5, 5.41) is 8.04. The fraction of sp³-hybridized carbons (Fsp3) is 0.353. The first-order chi connectivity index (χ1) is 12.3. The third-order valence-electron chi connectivity index (χ3n) is 4.34. The van der Waals surface area contributed by atoms with Crippen LogP contribution < -0.4 is 5.32 Å². The minimum atomic E-state index is -0.00404. The van der Waals surface area contributed by atoms with Crippen molar-refractivity contribution in [3.05, 3.63) is 47.8 Å². The maximum Gasteiger partial charge on any atom is 0.223 e. The monoisotopic (exact) mass is 354 g/mol. The maximum absolute atomic E-state index is 12.4. The van der Waals surface area contributed by atoms with E-state index in [9.17, 15) is 4.79 Å². The zero-order chi connectivity index (χ0) is 17.1. The molecule has 25 heavy (non-hydrogen) atoms. The third-order valence-corrected chi connectivity index (χ3v) is 5.55. The second-order valence-electron chi connectivity index (χ2n) is 6.01. The summed E-state index contributed by atoms with van der Waals surface area (Å²) in [7, 11) is 0. The van der Waals surface area contributed by atoms with Crippen molar-refractivity contribution < 1.29 is 4.79 Å². The Labute approximate surface area is 149 Å². The Morgan fingerprint density at radius 2 is 2.20 bits per heavy atom. The average molecular weight is 354 g/mol. The van der Waals surface area contributed by atoms with Crippen molar-refractivity contribution in [3.63, 3.8) is 0 Å². The number of fused-ring (bicyclic) bond motifs is 1. The van der Waals surface area contributed by atoms with Crippen LogP contribution in [0.1, 0.15) is 17.0 Å². The smallest absolute Gasteiger partial charge is 0.223 e. The summed E-state index contributed by atoms with van der Waals surface area (Å²) < 4.78 is 1.71. The fourth-order valence-corrected chi connectivity index (χ4v) is 4.12. The van der Waals surface area contributed by atoms with Gasteiger partial charge in [0.05, 0.1) is 12.2 Å². The van der Waals surface area contributed by atoms with Gasteiger partial charge in [-0.2, -0.15) is 5.10 Å². The van der Waals surface area contributed by atoms with Gasteiger partial charge in [-0.3, -0.25) is 14.5 Å². The quantitative estimate of drug-likeness (QED) is 0.754. The molecule has 3 aromatic heterocycles. The molecule has 0 aromatic carbocycles. The molecule has 0 saturated carbocycles. The van der Waals surface area contributed by atoms with Gasteiger partial charge in [-0.25, -0.2) is 9.97 Å². The first kappa shape index (κ1) is 15.9. The van der Waals surface area contributed by atoms with Crippen LogP contribution >= 0.6 is 11.3 Å². The van der Waals surface area contributed by atoms with E-state index in [-0.39, 0.29) is 11.8 Å². The molecule has 0 spiro atoms. The van der Waals surface area contributed by atoms with Gasteiger partial charge in [0.25, 0.3) is 0 Å². The predicted molar refractivity (Wildman–Crippen MR) is 93.9 cm³/mol. The molecule has 1 amide bonds. The first-order valence-electron chi connectivity index (χ1n) is 8.28. The first-order valence-corrected chi connectivity index (χ1v) is 9.10. The summed E-state index contributed by atoms with van der Waals surface area (Å²) >= 11 is 1.73. The molecule has 0 saturated heterocycles. The van der Waals surface area contributed by atoms with Crippen molar-refractivity contribution in [2.75, 3.05) is 6.54 Å². The van der Waals surface area contributed by atoms with E-state index in [1.807, 2.05) is 12.1 Å². The second-order valence-corrected chi connectivity index (χ2v) is 7.10. The summed E-state index contributed by atoms with van der Waals surface area (Å²) in [6.45, 7) is 1.19. The number of nitrogens with one attached hydrogen (secondary N) is 1. The number of nitrogens with zero attached hydrogens (tertiary/aromatic N) is 5. The van der Waals surface area contributed by atoms with Crippen molar-refractivity contribution in [3.8, 4) is 10.6 Å².